The Bertz CT molecular complexity index is 981. The molecule has 5 nitrogen and oxygen atoms in total. The van der Waals surface area contributed by atoms with Crippen molar-refractivity contribution in [2.45, 2.75) is 45.6 Å². The summed E-state index contributed by atoms with van der Waals surface area (Å²) in [6, 6.07) is 7.80. The molecule has 1 aliphatic rings. The largest absolute Gasteiger partial charge is 0.457 e. The van der Waals surface area contributed by atoms with Crippen LogP contribution in [0, 0.1) is 6.92 Å². The second kappa shape index (κ2) is 7.03. The quantitative estimate of drug-likeness (QED) is 0.711. The number of hydrogen-bond donors (Lipinski definition) is 1. The van der Waals surface area contributed by atoms with E-state index in [-0.39, 0.29) is 19.0 Å². The fraction of sp³-hybridized carbons (Fsp3) is 0.350. The van der Waals surface area contributed by atoms with Gasteiger partial charge in [0.2, 0.25) is 0 Å². The Kier molecular flexibility index (Phi) is 4.59. The van der Waals surface area contributed by atoms with Crippen LogP contribution in [0.1, 0.15) is 40.2 Å². The molecule has 0 unspecified atom stereocenters. The van der Waals surface area contributed by atoms with Crippen LogP contribution in [0.5, 0.6) is 0 Å². The molecule has 0 spiro atoms. The molecule has 0 saturated heterocycles. The molecule has 2 N–H and O–H groups in total. The highest BCUT2D eigenvalue weighted by Crippen LogP contribution is 2.37. The zero-order valence-electron chi connectivity index (χ0n) is 14.7. The van der Waals surface area contributed by atoms with Crippen molar-refractivity contribution in [1.29, 1.82) is 0 Å². The number of nitrogen functional groups attached to an aromatic ring is 1. The fourth-order valence-electron chi connectivity index (χ4n) is 3.46. The lowest BCUT2D eigenvalue weighted by atomic mass is 9.97. The highest BCUT2D eigenvalue weighted by atomic mass is 32.1. The van der Waals surface area contributed by atoms with Crippen LogP contribution in [-0.4, -0.2) is 15.9 Å². The Morgan fingerprint density at radius 2 is 2.04 bits per heavy atom. The van der Waals surface area contributed by atoms with Crippen LogP contribution in [0.3, 0.4) is 0 Å². The van der Waals surface area contributed by atoms with Crippen molar-refractivity contribution in [3.05, 3.63) is 51.7 Å². The van der Waals surface area contributed by atoms with Gasteiger partial charge < -0.3 is 10.5 Å². The van der Waals surface area contributed by atoms with Gasteiger partial charge in [0.15, 0.2) is 12.4 Å². The average molecular weight is 367 g/mol. The Morgan fingerprint density at radius 1 is 1.23 bits per heavy atom. The first-order chi connectivity index (χ1) is 12.6. The van der Waals surface area contributed by atoms with Crippen LogP contribution in [0.15, 0.2) is 24.3 Å². The zero-order valence-corrected chi connectivity index (χ0v) is 15.6. The van der Waals surface area contributed by atoms with Crippen LogP contribution in [0.25, 0.3) is 10.2 Å². The topological polar surface area (TPSA) is 78.1 Å². The minimum absolute atomic E-state index is 0.0490. The summed E-state index contributed by atoms with van der Waals surface area (Å²) in [5.41, 5.74) is 9.56. The van der Waals surface area contributed by atoms with Crippen molar-refractivity contribution in [1.82, 2.24) is 9.97 Å². The van der Waals surface area contributed by atoms with Crippen molar-refractivity contribution in [3.63, 3.8) is 0 Å². The summed E-state index contributed by atoms with van der Waals surface area (Å²) in [5, 5.41) is 1.000. The molecule has 0 saturated carbocycles. The molecule has 3 aromatic rings. The standard InChI is InChI=1S/C20H21N3O2S/c1-12-6-2-3-7-13(12)10-17(24)25-11-16-22-19(21)18-14-8-4-5-9-15(14)26-20(18)23-16/h2-3,6-7H,4-5,8-11H2,1H3,(H2,21,22,23). The first kappa shape index (κ1) is 17.0. The highest BCUT2D eigenvalue weighted by Gasteiger charge is 2.20. The number of nitrogens with zero attached hydrogens (tertiary/aromatic N) is 2. The number of ether oxygens (including phenoxy) is 1. The number of carbonyl (C=O) groups excluding carboxylic acids is 1. The van der Waals surface area contributed by atoms with Crippen LogP contribution >= 0.6 is 11.3 Å². The predicted molar refractivity (Wildman–Crippen MR) is 103 cm³/mol. The van der Waals surface area contributed by atoms with Gasteiger partial charge in [-0.05, 0) is 49.3 Å². The third-order valence-corrected chi connectivity index (χ3v) is 6.03. The van der Waals surface area contributed by atoms with Gasteiger partial charge in [0.25, 0.3) is 0 Å². The molecule has 6 heteroatoms. The van der Waals surface area contributed by atoms with E-state index in [1.807, 2.05) is 31.2 Å². The summed E-state index contributed by atoms with van der Waals surface area (Å²) in [5.74, 6) is 0.679. The number of aryl methyl sites for hydroxylation is 3. The first-order valence-corrected chi connectivity index (χ1v) is 9.70. The van der Waals surface area contributed by atoms with E-state index in [1.54, 1.807) is 11.3 Å². The fourth-order valence-corrected chi connectivity index (χ4v) is 4.74. The van der Waals surface area contributed by atoms with E-state index in [9.17, 15) is 4.79 Å². The molecular weight excluding hydrogens is 346 g/mol. The predicted octanol–water partition coefficient (Wildman–Crippen LogP) is 3.75. The maximum atomic E-state index is 12.1. The lowest BCUT2D eigenvalue weighted by molar-refractivity contribution is -0.144. The summed E-state index contributed by atoms with van der Waals surface area (Å²) in [6.45, 7) is 2.03. The molecule has 0 fully saturated rings. The second-order valence-electron chi connectivity index (χ2n) is 6.68. The van der Waals surface area contributed by atoms with Crippen molar-refractivity contribution in [3.8, 4) is 0 Å². The molecule has 0 bridgehead atoms. The van der Waals surface area contributed by atoms with E-state index in [0.29, 0.717) is 11.6 Å². The van der Waals surface area contributed by atoms with Crippen molar-refractivity contribution < 1.29 is 9.53 Å². The number of benzene rings is 1. The minimum Gasteiger partial charge on any atom is -0.457 e. The summed E-state index contributed by atoms with van der Waals surface area (Å²) < 4.78 is 5.38. The Morgan fingerprint density at radius 3 is 2.88 bits per heavy atom. The number of fused-ring (bicyclic) bond motifs is 3. The monoisotopic (exact) mass is 367 g/mol. The van der Waals surface area contributed by atoms with E-state index in [4.69, 9.17) is 10.5 Å². The van der Waals surface area contributed by atoms with Crippen LogP contribution in [0.2, 0.25) is 0 Å². The molecule has 0 atom stereocenters. The van der Waals surface area contributed by atoms with Gasteiger partial charge in [-0.2, -0.15) is 0 Å². The average Bonchev–Trinajstić information content (AvgIpc) is 3.01. The number of nitrogens with two attached hydrogens (primary N) is 1. The molecule has 0 radical (unpaired) electrons. The van der Waals surface area contributed by atoms with E-state index in [2.05, 4.69) is 9.97 Å². The number of rotatable bonds is 4. The van der Waals surface area contributed by atoms with E-state index in [1.165, 1.54) is 23.3 Å². The third kappa shape index (κ3) is 3.29. The van der Waals surface area contributed by atoms with Gasteiger partial charge >= 0.3 is 5.97 Å². The Balaban J connectivity index is 1.49. The van der Waals surface area contributed by atoms with Gasteiger partial charge in [-0.3, -0.25) is 4.79 Å². The maximum Gasteiger partial charge on any atom is 0.310 e. The minimum atomic E-state index is -0.285. The summed E-state index contributed by atoms with van der Waals surface area (Å²) in [7, 11) is 0. The molecule has 1 aromatic carbocycles. The molecule has 134 valence electrons. The molecule has 0 aliphatic heterocycles. The zero-order chi connectivity index (χ0) is 18.1. The summed E-state index contributed by atoms with van der Waals surface area (Å²) in [4.78, 5) is 23.4. The van der Waals surface area contributed by atoms with Crippen molar-refractivity contribution in [2.75, 3.05) is 5.73 Å². The van der Waals surface area contributed by atoms with Gasteiger partial charge in [0.05, 0.1) is 11.8 Å². The van der Waals surface area contributed by atoms with Crippen LogP contribution < -0.4 is 5.73 Å². The van der Waals surface area contributed by atoms with E-state index >= 15 is 0 Å². The van der Waals surface area contributed by atoms with E-state index < -0.39 is 0 Å². The van der Waals surface area contributed by atoms with E-state index in [0.717, 1.165) is 34.2 Å². The molecule has 26 heavy (non-hydrogen) atoms. The Labute approximate surface area is 156 Å². The molecule has 2 heterocycles. The smallest absolute Gasteiger partial charge is 0.310 e. The van der Waals surface area contributed by atoms with Gasteiger partial charge in [-0.15, -0.1) is 11.3 Å². The number of thiophene rings is 1. The number of carbonyl (C=O) groups is 1. The Hall–Kier alpha value is -2.47. The highest BCUT2D eigenvalue weighted by molar-refractivity contribution is 7.19. The number of esters is 1. The van der Waals surface area contributed by atoms with Crippen LogP contribution in [-0.2, 0) is 35.4 Å². The third-order valence-electron chi connectivity index (χ3n) is 4.85. The second-order valence-corrected chi connectivity index (χ2v) is 7.76. The van der Waals surface area contributed by atoms with Gasteiger partial charge in [-0.1, -0.05) is 24.3 Å². The lowest BCUT2D eigenvalue weighted by Gasteiger charge is -2.11. The van der Waals surface area contributed by atoms with Crippen molar-refractivity contribution >= 4 is 33.3 Å². The van der Waals surface area contributed by atoms with Gasteiger partial charge in [-0.25, -0.2) is 9.97 Å². The number of aromatic nitrogens is 2. The molecule has 1 aliphatic carbocycles. The maximum absolute atomic E-state index is 12.1. The molecular formula is C20H21N3O2S. The number of anilines is 1. The normalized spacial score (nSPS) is 13.6. The summed E-state index contributed by atoms with van der Waals surface area (Å²) in [6.07, 6.45) is 4.80. The SMILES string of the molecule is Cc1ccccc1CC(=O)OCc1nc(N)c2c3c(sc2n1)CCCC3. The summed E-state index contributed by atoms with van der Waals surface area (Å²) >= 11 is 1.70. The first-order valence-electron chi connectivity index (χ1n) is 8.88. The molecule has 2 aromatic heterocycles. The molecule has 4 rings (SSSR count). The number of hydrogen-bond acceptors (Lipinski definition) is 6. The van der Waals surface area contributed by atoms with Crippen molar-refractivity contribution in [2.24, 2.45) is 0 Å². The van der Waals surface area contributed by atoms with Gasteiger partial charge in [0.1, 0.15) is 10.6 Å². The van der Waals surface area contributed by atoms with Crippen LogP contribution in [0.4, 0.5) is 5.82 Å². The van der Waals surface area contributed by atoms with Gasteiger partial charge in [0, 0.05) is 4.88 Å². The molecule has 0 amide bonds. The lowest BCUT2D eigenvalue weighted by Crippen LogP contribution is -2.11.